The van der Waals surface area contributed by atoms with Crippen molar-refractivity contribution in [1.82, 2.24) is 14.2 Å². The molecule has 1 amide bonds. The fourth-order valence-corrected chi connectivity index (χ4v) is 3.93. The molecule has 0 radical (unpaired) electrons. The minimum atomic E-state index is -3.87. The molecule has 0 spiro atoms. The summed E-state index contributed by atoms with van der Waals surface area (Å²) in [5.41, 5.74) is 0.577. The lowest BCUT2D eigenvalue weighted by Gasteiger charge is -2.36. The highest BCUT2D eigenvalue weighted by atomic mass is 32.2. The Morgan fingerprint density at radius 1 is 1.40 bits per heavy atom. The van der Waals surface area contributed by atoms with E-state index in [9.17, 15) is 17.6 Å². The first-order valence-corrected chi connectivity index (χ1v) is 8.95. The van der Waals surface area contributed by atoms with Crippen LogP contribution in [0.25, 0.3) is 0 Å². The van der Waals surface area contributed by atoms with Crippen molar-refractivity contribution in [1.29, 1.82) is 0 Å². The molecule has 2 N–H and O–H groups in total. The van der Waals surface area contributed by atoms with Gasteiger partial charge in [0.1, 0.15) is 17.6 Å². The van der Waals surface area contributed by atoms with E-state index in [1.165, 1.54) is 37.4 Å². The summed E-state index contributed by atoms with van der Waals surface area (Å²) in [6.45, 7) is 1.67. The number of nitrogens with zero attached hydrogens (tertiary/aromatic N) is 2. The zero-order valence-corrected chi connectivity index (χ0v) is 14.4. The Labute approximate surface area is 144 Å². The van der Waals surface area contributed by atoms with Crippen LogP contribution in [0.5, 0.6) is 0 Å². The van der Waals surface area contributed by atoms with Crippen LogP contribution in [-0.2, 0) is 15.0 Å². The van der Waals surface area contributed by atoms with Crippen LogP contribution in [0.1, 0.15) is 23.8 Å². The van der Waals surface area contributed by atoms with Crippen molar-refractivity contribution >= 4 is 21.9 Å². The van der Waals surface area contributed by atoms with Crippen LogP contribution in [0.3, 0.4) is 0 Å². The number of likely N-dealkylation sites (N-methyl/N-ethyl adjacent to an activating group) is 1. The number of halogens is 1. The summed E-state index contributed by atoms with van der Waals surface area (Å²) in [6.07, 6.45) is 0.185. The molecule has 2 heterocycles. The first-order chi connectivity index (χ1) is 11.8. The predicted octanol–water partition coefficient (Wildman–Crippen LogP) is 1.34. The second-order valence-electron chi connectivity index (χ2n) is 5.81. The zero-order valence-electron chi connectivity index (χ0n) is 13.6. The number of anilines is 1. The number of aromatic nitrogens is 1. The van der Waals surface area contributed by atoms with Gasteiger partial charge in [0.2, 0.25) is 5.91 Å². The standard InChI is InChI=1S/C15H17FN4O4S/c1-9-7-14(18-24-9)17-15(21)13-8-12(19-25(22,23)20(13)2)10-3-5-11(16)6-4-10/h3-7,12-13,19H,8H2,1-2H3,(H,17,18,21)/t12-,13+/m0/s1. The molecule has 25 heavy (non-hydrogen) atoms. The molecule has 8 nitrogen and oxygen atoms in total. The minimum Gasteiger partial charge on any atom is -0.360 e. The maximum Gasteiger partial charge on any atom is 0.280 e. The molecule has 0 unspecified atom stereocenters. The highest BCUT2D eigenvalue weighted by Crippen LogP contribution is 2.28. The molecule has 0 aliphatic carbocycles. The Hall–Kier alpha value is -2.30. The molecule has 10 heteroatoms. The van der Waals surface area contributed by atoms with Crippen molar-refractivity contribution in [3.05, 3.63) is 47.5 Å². The lowest BCUT2D eigenvalue weighted by Crippen LogP contribution is -2.55. The van der Waals surface area contributed by atoms with E-state index in [-0.39, 0.29) is 12.2 Å². The number of carbonyl (C=O) groups excluding carboxylic acids is 1. The maximum atomic E-state index is 13.1. The molecule has 0 saturated carbocycles. The third-order valence-electron chi connectivity index (χ3n) is 4.02. The quantitative estimate of drug-likeness (QED) is 0.851. The maximum absolute atomic E-state index is 13.1. The summed E-state index contributed by atoms with van der Waals surface area (Å²) in [6, 6.07) is 5.41. The van der Waals surface area contributed by atoms with Crippen LogP contribution in [0.4, 0.5) is 10.2 Å². The SMILES string of the molecule is Cc1cc(NC(=O)[C@H]2C[C@@H](c3ccc(F)cc3)NS(=O)(=O)N2C)no1. The van der Waals surface area contributed by atoms with Gasteiger partial charge in [-0.15, -0.1) is 0 Å². The van der Waals surface area contributed by atoms with Gasteiger partial charge < -0.3 is 9.84 Å². The normalized spacial score (nSPS) is 23.3. The highest BCUT2D eigenvalue weighted by molar-refractivity contribution is 7.87. The topological polar surface area (TPSA) is 105 Å². The van der Waals surface area contributed by atoms with Gasteiger partial charge in [-0.25, -0.2) is 4.39 Å². The molecule has 1 aliphatic rings. The van der Waals surface area contributed by atoms with E-state index in [1.54, 1.807) is 6.92 Å². The number of nitrogens with one attached hydrogen (secondary N) is 2. The van der Waals surface area contributed by atoms with Crippen molar-refractivity contribution in [2.75, 3.05) is 12.4 Å². The van der Waals surface area contributed by atoms with E-state index < -0.39 is 34.0 Å². The number of rotatable bonds is 3. The van der Waals surface area contributed by atoms with Gasteiger partial charge in [-0.1, -0.05) is 17.3 Å². The largest absolute Gasteiger partial charge is 0.360 e. The average molecular weight is 368 g/mol. The zero-order chi connectivity index (χ0) is 18.2. The van der Waals surface area contributed by atoms with E-state index in [2.05, 4.69) is 15.2 Å². The lowest BCUT2D eigenvalue weighted by atomic mass is 9.99. The summed E-state index contributed by atoms with van der Waals surface area (Å²) in [4.78, 5) is 12.5. The average Bonchev–Trinajstić information content (AvgIpc) is 2.95. The van der Waals surface area contributed by atoms with Crippen LogP contribution in [0.15, 0.2) is 34.9 Å². The minimum absolute atomic E-state index is 0.185. The van der Waals surface area contributed by atoms with Gasteiger partial charge in [-0.05, 0) is 31.0 Å². The van der Waals surface area contributed by atoms with E-state index in [4.69, 9.17) is 4.52 Å². The molecule has 1 aromatic heterocycles. The molecule has 1 fully saturated rings. The monoisotopic (exact) mass is 368 g/mol. The summed E-state index contributed by atoms with van der Waals surface area (Å²) in [7, 11) is -2.54. The number of benzene rings is 1. The van der Waals surface area contributed by atoms with Gasteiger partial charge in [-0.2, -0.15) is 17.4 Å². The van der Waals surface area contributed by atoms with Crippen molar-refractivity contribution < 1.29 is 22.1 Å². The van der Waals surface area contributed by atoms with Crippen LogP contribution >= 0.6 is 0 Å². The van der Waals surface area contributed by atoms with Crippen LogP contribution in [0, 0.1) is 12.7 Å². The van der Waals surface area contributed by atoms with E-state index >= 15 is 0 Å². The molecular weight excluding hydrogens is 351 g/mol. The Bertz CT molecular complexity index is 881. The fourth-order valence-electron chi connectivity index (χ4n) is 2.66. The van der Waals surface area contributed by atoms with Crippen molar-refractivity contribution in [3.63, 3.8) is 0 Å². The van der Waals surface area contributed by atoms with Crippen LogP contribution in [-0.4, -0.2) is 36.9 Å². The first-order valence-electron chi connectivity index (χ1n) is 7.51. The molecular formula is C15H17FN4O4S. The molecule has 0 bridgehead atoms. The van der Waals surface area contributed by atoms with Crippen molar-refractivity contribution in [2.45, 2.75) is 25.4 Å². The van der Waals surface area contributed by atoms with E-state index in [0.29, 0.717) is 11.3 Å². The number of carbonyl (C=O) groups is 1. The second kappa shape index (κ2) is 6.54. The Balaban J connectivity index is 1.84. The third kappa shape index (κ3) is 3.70. The number of hydrogen-bond donors (Lipinski definition) is 2. The molecule has 1 aliphatic heterocycles. The molecule has 2 aromatic rings. The van der Waals surface area contributed by atoms with Crippen LogP contribution < -0.4 is 10.0 Å². The number of hydrogen-bond acceptors (Lipinski definition) is 5. The van der Waals surface area contributed by atoms with Crippen molar-refractivity contribution in [3.8, 4) is 0 Å². The fraction of sp³-hybridized carbons (Fsp3) is 0.333. The smallest absolute Gasteiger partial charge is 0.280 e. The first kappa shape index (κ1) is 17.5. The number of aryl methyl sites for hydroxylation is 1. The van der Waals surface area contributed by atoms with Gasteiger partial charge in [-0.3, -0.25) is 4.79 Å². The highest BCUT2D eigenvalue weighted by Gasteiger charge is 2.40. The summed E-state index contributed by atoms with van der Waals surface area (Å²) >= 11 is 0. The lowest BCUT2D eigenvalue weighted by molar-refractivity contribution is -0.120. The Kier molecular flexibility index (Phi) is 4.58. The summed E-state index contributed by atoms with van der Waals surface area (Å²) in [5, 5.41) is 6.21. The summed E-state index contributed by atoms with van der Waals surface area (Å²) < 4.78 is 46.1. The predicted molar refractivity (Wildman–Crippen MR) is 87.2 cm³/mol. The van der Waals surface area contributed by atoms with Gasteiger partial charge in [0.25, 0.3) is 10.2 Å². The Morgan fingerprint density at radius 2 is 2.08 bits per heavy atom. The summed E-state index contributed by atoms with van der Waals surface area (Å²) in [5.74, 6) is -0.209. The molecule has 1 saturated heterocycles. The number of amides is 1. The second-order valence-corrected chi connectivity index (χ2v) is 7.57. The third-order valence-corrected chi connectivity index (χ3v) is 5.62. The molecule has 3 rings (SSSR count). The molecule has 2 atom stereocenters. The van der Waals surface area contributed by atoms with Gasteiger partial charge >= 0.3 is 0 Å². The van der Waals surface area contributed by atoms with Gasteiger partial charge in [0.15, 0.2) is 5.82 Å². The molecule has 1 aromatic carbocycles. The van der Waals surface area contributed by atoms with Gasteiger partial charge in [0, 0.05) is 19.2 Å². The van der Waals surface area contributed by atoms with Crippen molar-refractivity contribution in [2.24, 2.45) is 0 Å². The van der Waals surface area contributed by atoms with Gasteiger partial charge in [0.05, 0.1) is 0 Å². The molecule has 134 valence electrons. The van der Waals surface area contributed by atoms with Crippen LogP contribution in [0.2, 0.25) is 0 Å². The Morgan fingerprint density at radius 3 is 2.68 bits per heavy atom. The van der Waals surface area contributed by atoms with E-state index in [1.807, 2.05) is 0 Å². The van der Waals surface area contributed by atoms with E-state index in [0.717, 1.165) is 4.31 Å².